The van der Waals surface area contributed by atoms with Crippen molar-refractivity contribution in [3.05, 3.63) is 0 Å². The zero-order valence-electron chi connectivity index (χ0n) is 11.4. The second kappa shape index (κ2) is 6.38. The Labute approximate surface area is 109 Å². The first-order valence-corrected chi connectivity index (χ1v) is 6.99. The van der Waals surface area contributed by atoms with Crippen LogP contribution in [0.15, 0.2) is 0 Å². The molecule has 0 aromatic heterocycles. The van der Waals surface area contributed by atoms with Crippen molar-refractivity contribution in [1.29, 1.82) is 0 Å². The van der Waals surface area contributed by atoms with Gasteiger partial charge in [-0.25, -0.2) is 4.79 Å². The quantitative estimate of drug-likeness (QED) is 0.789. The molecule has 1 saturated carbocycles. The van der Waals surface area contributed by atoms with Crippen LogP contribution in [0.1, 0.15) is 32.1 Å². The normalized spacial score (nSPS) is 32.2. The number of urea groups is 1. The van der Waals surface area contributed by atoms with Gasteiger partial charge in [-0.05, 0) is 39.2 Å². The highest BCUT2D eigenvalue weighted by atomic mass is 16.5. The monoisotopic (exact) mass is 255 g/mol. The summed E-state index contributed by atoms with van der Waals surface area (Å²) in [6.07, 6.45) is 5.44. The minimum Gasteiger partial charge on any atom is -0.379 e. The molecule has 5 nitrogen and oxygen atoms in total. The Hall–Kier alpha value is -0.810. The number of hydrogen-bond donors (Lipinski definition) is 2. The van der Waals surface area contributed by atoms with Crippen LogP contribution < -0.4 is 10.6 Å². The lowest BCUT2D eigenvalue weighted by Crippen LogP contribution is -2.49. The van der Waals surface area contributed by atoms with Crippen molar-refractivity contribution in [2.45, 2.75) is 50.2 Å². The van der Waals surface area contributed by atoms with Gasteiger partial charge in [0.15, 0.2) is 0 Å². The standard InChI is InChI=1S/C13H25N3O2/c1-14-10-3-5-12(6-4-10)16(2)13(17)15-11-7-8-18-9-11/h10-12,14H,3-9H2,1-2H3,(H,15,17). The smallest absolute Gasteiger partial charge is 0.317 e. The Bertz CT molecular complexity index is 271. The van der Waals surface area contributed by atoms with Crippen molar-refractivity contribution in [3.8, 4) is 0 Å². The van der Waals surface area contributed by atoms with E-state index in [1.54, 1.807) is 0 Å². The molecule has 0 aromatic rings. The van der Waals surface area contributed by atoms with Crippen molar-refractivity contribution in [3.63, 3.8) is 0 Å². The van der Waals surface area contributed by atoms with Crippen LogP contribution in [0.3, 0.4) is 0 Å². The highest BCUT2D eigenvalue weighted by Gasteiger charge is 2.27. The van der Waals surface area contributed by atoms with Gasteiger partial charge in [0.2, 0.25) is 0 Å². The van der Waals surface area contributed by atoms with Crippen LogP contribution >= 0.6 is 0 Å². The summed E-state index contributed by atoms with van der Waals surface area (Å²) in [6.45, 7) is 1.42. The van der Waals surface area contributed by atoms with E-state index in [4.69, 9.17) is 4.74 Å². The molecule has 2 amide bonds. The summed E-state index contributed by atoms with van der Waals surface area (Å²) in [7, 11) is 3.93. The Morgan fingerprint density at radius 3 is 2.44 bits per heavy atom. The van der Waals surface area contributed by atoms with Crippen molar-refractivity contribution in [2.75, 3.05) is 27.3 Å². The summed E-state index contributed by atoms with van der Waals surface area (Å²) in [5.41, 5.74) is 0. The number of nitrogens with one attached hydrogen (secondary N) is 2. The molecule has 0 aromatic carbocycles. The topological polar surface area (TPSA) is 53.6 Å². The number of hydrogen-bond acceptors (Lipinski definition) is 3. The van der Waals surface area contributed by atoms with Crippen molar-refractivity contribution in [1.82, 2.24) is 15.5 Å². The van der Waals surface area contributed by atoms with E-state index >= 15 is 0 Å². The second-order valence-corrected chi connectivity index (χ2v) is 5.42. The fourth-order valence-electron chi connectivity index (χ4n) is 2.84. The van der Waals surface area contributed by atoms with Gasteiger partial charge in [0.25, 0.3) is 0 Å². The van der Waals surface area contributed by atoms with E-state index in [2.05, 4.69) is 10.6 Å². The molecule has 1 heterocycles. The first kappa shape index (κ1) is 13.6. The molecule has 0 radical (unpaired) electrons. The Balaban J connectivity index is 1.76. The summed E-state index contributed by atoms with van der Waals surface area (Å²) in [5, 5.41) is 6.36. The molecule has 1 unspecified atom stereocenters. The average Bonchev–Trinajstić information content (AvgIpc) is 2.91. The summed E-state index contributed by atoms with van der Waals surface area (Å²) in [6, 6.07) is 1.27. The fourth-order valence-corrected chi connectivity index (χ4v) is 2.84. The molecule has 2 fully saturated rings. The van der Waals surface area contributed by atoms with Gasteiger partial charge in [0, 0.05) is 25.7 Å². The molecule has 2 rings (SSSR count). The van der Waals surface area contributed by atoms with Crippen LogP contribution in [0.4, 0.5) is 4.79 Å². The van der Waals surface area contributed by atoms with Crippen LogP contribution in [-0.4, -0.2) is 56.4 Å². The third-order valence-corrected chi connectivity index (χ3v) is 4.23. The molecule has 1 aliphatic carbocycles. The van der Waals surface area contributed by atoms with Crippen molar-refractivity contribution >= 4 is 6.03 Å². The predicted molar refractivity (Wildman–Crippen MR) is 70.6 cm³/mol. The van der Waals surface area contributed by atoms with E-state index in [-0.39, 0.29) is 12.1 Å². The summed E-state index contributed by atoms with van der Waals surface area (Å²) >= 11 is 0. The third kappa shape index (κ3) is 3.36. The molecule has 1 aliphatic heterocycles. The van der Waals surface area contributed by atoms with Gasteiger partial charge >= 0.3 is 6.03 Å². The molecule has 2 N–H and O–H groups in total. The van der Waals surface area contributed by atoms with E-state index in [0.29, 0.717) is 18.7 Å². The zero-order valence-corrected chi connectivity index (χ0v) is 11.4. The molecule has 1 atom stereocenters. The van der Waals surface area contributed by atoms with E-state index in [1.165, 1.54) is 0 Å². The molecular weight excluding hydrogens is 230 g/mol. The minimum atomic E-state index is 0.0541. The van der Waals surface area contributed by atoms with Crippen LogP contribution in [-0.2, 0) is 4.74 Å². The molecule has 0 spiro atoms. The lowest BCUT2D eigenvalue weighted by atomic mass is 9.90. The molecule has 1 saturated heterocycles. The summed E-state index contributed by atoms with van der Waals surface area (Å²) < 4.78 is 5.27. The highest BCUT2D eigenvalue weighted by molar-refractivity contribution is 5.74. The van der Waals surface area contributed by atoms with Crippen LogP contribution in [0.2, 0.25) is 0 Å². The van der Waals surface area contributed by atoms with Gasteiger partial charge in [-0.3, -0.25) is 0 Å². The Kier molecular flexibility index (Phi) is 4.83. The maximum absolute atomic E-state index is 12.1. The van der Waals surface area contributed by atoms with Gasteiger partial charge in [-0.15, -0.1) is 0 Å². The van der Waals surface area contributed by atoms with Crippen molar-refractivity contribution < 1.29 is 9.53 Å². The van der Waals surface area contributed by atoms with Gasteiger partial charge in [-0.2, -0.15) is 0 Å². The zero-order chi connectivity index (χ0) is 13.0. The van der Waals surface area contributed by atoms with Gasteiger partial charge in [0.05, 0.1) is 12.6 Å². The third-order valence-electron chi connectivity index (χ3n) is 4.23. The van der Waals surface area contributed by atoms with E-state index in [1.807, 2.05) is 19.0 Å². The molecule has 2 aliphatic rings. The largest absolute Gasteiger partial charge is 0.379 e. The van der Waals surface area contributed by atoms with Crippen molar-refractivity contribution in [2.24, 2.45) is 0 Å². The average molecular weight is 255 g/mol. The lowest BCUT2D eigenvalue weighted by Gasteiger charge is -2.35. The van der Waals surface area contributed by atoms with Gasteiger partial charge in [0.1, 0.15) is 0 Å². The number of carbonyl (C=O) groups excluding carboxylic acids is 1. The number of carbonyl (C=O) groups is 1. The maximum Gasteiger partial charge on any atom is 0.317 e. The summed E-state index contributed by atoms with van der Waals surface area (Å²) in [5.74, 6) is 0. The van der Waals surface area contributed by atoms with Crippen LogP contribution in [0.5, 0.6) is 0 Å². The molecule has 5 heteroatoms. The van der Waals surface area contributed by atoms with E-state index < -0.39 is 0 Å². The molecule has 0 bridgehead atoms. The first-order valence-electron chi connectivity index (χ1n) is 6.99. The maximum atomic E-state index is 12.1. The number of nitrogens with zero attached hydrogens (tertiary/aromatic N) is 1. The number of rotatable bonds is 3. The minimum absolute atomic E-state index is 0.0541. The highest BCUT2D eigenvalue weighted by Crippen LogP contribution is 2.22. The first-order chi connectivity index (χ1) is 8.70. The summed E-state index contributed by atoms with van der Waals surface area (Å²) in [4.78, 5) is 14.0. The molecule has 18 heavy (non-hydrogen) atoms. The molecule has 104 valence electrons. The lowest BCUT2D eigenvalue weighted by molar-refractivity contribution is 0.158. The van der Waals surface area contributed by atoms with Gasteiger partial charge < -0.3 is 20.3 Å². The predicted octanol–water partition coefficient (Wildman–Crippen LogP) is 0.947. The second-order valence-electron chi connectivity index (χ2n) is 5.42. The molecular formula is C13H25N3O2. The number of ether oxygens (including phenoxy) is 1. The Morgan fingerprint density at radius 1 is 1.17 bits per heavy atom. The van der Waals surface area contributed by atoms with E-state index in [0.717, 1.165) is 38.7 Å². The van der Waals surface area contributed by atoms with Crippen LogP contribution in [0.25, 0.3) is 0 Å². The fraction of sp³-hybridized carbons (Fsp3) is 0.923. The van der Waals surface area contributed by atoms with Crippen LogP contribution in [0, 0.1) is 0 Å². The Morgan fingerprint density at radius 2 is 1.89 bits per heavy atom. The van der Waals surface area contributed by atoms with E-state index in [9.17, 15) is 4.79 Å². The number of amides is 2. The SMILES string of the molecule is CNC1CCC(N(C)C(=O)NC2CCOC2)CC1. The van der Waals surface area contributed by atoms with Gasteiger partial charge in [-0.1, -0.05) is 0 Å².